The van der Waals surface area contributed by atoms with Crippen LogP contribution in [0.4, 0.5) is 0 Å². The van der Waals surface area contributed by atoms with E-state index in [2.05, 4.69) is 12.6 Å². The number of rotatable bonds is 7. The van der Waals surface area contributed by atoms with Crippen LogP contribution in [0, 0.1) is 0 Å². The van der Waals surface area contributed by atoms with Gasteiger partial charge in [0.1, 0.15) is 165 Å². The van der Waals surface area contributed by atoms with Crippen molar-refractivity contribution in [3.05, 3.63) is 0 Å². The smallest absolute Gasteiger partial charge is 0.187 e. The zero-order valence-corrected chi connectivity index (χ0v) is 43.6. The van der Waals surface area contributed by atoms with Gasteiger partial charge in [0.15, 0.2) is 44.0 Å². The predicted molar refractivity (Wildman–Crippen MR) is 235 cm³/mol. The summed E-state index contributed by atoms with van der Waals surface area (Å²) in [5.41, 5.74) is 0. The monoisotopic (exact) mass is 1350 g/mol. The van der Waals surface area contributed by atoms with Crippen LogP contribution in [-0.4, -0.2) is 362 Å². The van der Waals surface area contributed by atoms with Gasteiger partial charge in [0.05, 0.1) is 45.7 Å². The van der Waals surface area contributed by atoms with Crippen LogP contribution in [0.25, 0.3) is 0 Å². The Balaban J connectivity index is 0.00000882. The predicted octanol–water partition coefficient (Wildman–Crippen LogP) is -14.3. The molecule has 0 aromatic heterocycles. The Morgan fingerprint density at radius 2 is 0.333 bits per heavy atom. The average Bonchev–Trinajstić information content (AvgIpc) is 3.51. The summed E-state index contributed by atoms with van der Waals surface area (Å²) in [5.74, 6) is -0.352. The van der Waals surface area contributed by atoms with E-state index in [1.54, 1.807) is 0 Å². The summed E-state index contributed by atoms with van der Waals surface area (Å²) in [7, 11) is 0. The van der Waals surface area contributed by atoms with E-state index in [0.717, 1.165) is 0 Å². The molecular weight excluding hydrogens is 1280 g/mol. The fourth-order valence-corrected chi connectivity index (χ4v) is 10.7. The van der Waals surface area contributed by atoms with Crippen molar-refractivity contribution >= 4 is 12.6 Å². The van der Waals surface area contributed by atoms with Gasteiger partial charge in [-0.2, -0.15) is 12.6 Å². The molecule has 459 valence electrons. The van der Waals surface area contributed by atoms with Gasteiger partial charge in [-0.3, -0.25) is 0 Å². The summed E-state index contributed by atoms with van der Waals surface area (Å²) >= 11 is 4.23. The minimum absolute atomic E-state index is 0. The molecular formula is C42H70AuO34S. The van der Waals surface area contributed by atoms with Crippen LogP contribution in [0.2, 0.25) is 0 Å². The average molecular weight is 1350 g/mol. The number of aliphatic hydroxyl groups is 20. The Bertz CT molecular complexity index is 1480. The topological polar surface area (TPSA) is 534 Å². The van der Waals surface area contributed by atoms with E-state index in [1.807, 2.05) is 0 Å². The second-order valence-electron chi connectivity index (χ2n) is 19.7. The maximum Gasteiger partial charge on any atom is 0.187 e. The van der Waals surface area contributed by atoms with Crippen LogP contribution in [-0.2, 0) is 88.7 Å². The maximum absolute atomic E-state index is 11.4. The van der Waals surface area contributed by atoms with Crippen LogP contribution in [0.15, 0.2) is 0 Å². The molecule has 0 aromatic carbocycles. The summed E-state index contributed by atoms with van der Waals surface area (Å²) in [6.07, 6.45) is -68.7. The molecule has 21 aliphatic heterocycles. The van der Waals surface area contributed by atoms with Gasteiger partial charge < -0.3 is 168 Å². The molecule has 0 aliphatic carbocycles. The van der Waals surface area contributed by atoms with Crippen LogP contribution >= 0.6 is 12.6 Å². The Kier molecular flexibility index (Phi) is 23.3. The maximum atomic E-state index is 11.4. The van der Waals surface area contributed by atoms with Crippen molar-refractivity contribution < 1.29 is 191 Å². The molecule has 0 unspecified atom stereocenters. The van der Waals surface area contributed by atoms with Gasteiger partial charge in [-0.05, 0) is 0 Å². The van der Waals surface area contributed by atoms with E-state index in [-0.39, 0.29) is 28.1 Å². The van der Waals surface area contributed by atoms with Gasteiger partial charge in [-0.25, -0.2) is 0 Å². The van der Waals surface area contributed by atoms with Crippen molar-refractivity contribution in [3.63, 3.8) is 0 Å². The molecule has 36 heteroatoms. The molecule has 0 aromatic rings. The number of aliphatic hydroxyl groups excluding tert-OH is 20. The van der Waals surface area contributed by atoms with Gasteiger partial charge in [-0.1, -0.05) is 0 Å². The molecule has 20 N–H and O–H groups in total. The second kappa shape index (κ2) is 27.8. The van der Waals surface area contributed by atoms with Gasteiger partial charge in [0.25, 0.3) is 0 Å². The van der Waals surface area contributed by atoms with E-state index in [1.165, 1.54) is 0 Å². The minimum Gasteiger partial charge on any atom is -0.394 e. The molecule has 1 radical (unpaired) electrons. The van der Waals surface area contributed by atoms with Crippen molar-refractivity contribution in [3.8, 4) is 0 Å². The Morgan fingerprint density at radius 1 is 0.205 bits per heavy atom. The molecule has 78 heavy (non-hydrogen) atoms. The van der Waals surface area contributed by atoms with Crippen LogP contribution in [0.5, 0.6) is 0 Å². The fraction of sp³-hybridized carbons (Fsp3) is 1.00. The van der Waals surface area contributed by atoms with E-state index < -0.39 is 255 Å². The zero-order chi connectivity index (χ0) is 56.1. The standard InChI is InChI=1S/C42H70O34S.Au/c43-1-8-29-16(50)23(57)37(64-8)72-31-10(3-45)66-39(25(59)18(31)52)74-33-12(5-47)68-41(27(61)20(33)54)76-35-14(7-77)69-42(28(62)21(35)55)75-34-13(6-48)67-40(26(60)19(34)53)73-32-11(4-46)65-38(24(58)17(32)51)71-30-9(2-44)63-36(70-29)22(56)15(30)49;/h8-62,77H,1-7H2;/t8-,9-,10-,11-,12-,13-,14-,15-,16-,17-,18-,19-,20-,21-,22-,23-,24-,25-,26-,27-,28-,29+,30+,31+,32+,33+,34+,35+,36-,37-,38-,39-,40-,41-,42-;/m1./s1. The molecule has 35 atom stereocenters. The quantitative estimate of drug-likeness (QED) is 0.0831. The molecule has 0 spiro atoms. The van der Waals surface area contributed by atoms with Gasteiger partial charge in [-0.15, -0.1) is 0 Å². The Hall–Kier alpha value is -0.270. The third kappa shape index (κ3) is 12.8. The first-order valence-electron chi connectivity index (χ1n) is 24.6. The molecule has 34 nitrogen and oxygen atoms in total. The molecule has 0 amide bonds. The van der Waals surface area contributed by atoms with Gasteiger partial charge in [0, 0.05) is 28.1 Å². The molecule has 21 saturated heterocycles. The van der Waals surface area contributed by atoms with Gasteiger partial charge >= 0.3 is 0 Å². The third-order valence-corrected chi connectivity index (χ3v) is 15.1. The van der Waals surface area contributed by atoms with Crippen LogP contribution in [0.3, 0.4) is 0 Å². The molecule has 0 saturated carbocycles. The first kappa shape index (κ1) is 65.3. The Labute approximate surface area is 462 Å². The SMILES string of the molecule is OC[C@H]1O[C@@H]2O[C@@H]3[C@H](O)[C@@H](O)[C@@H](O[C@@H]4[C@H](O)[C@@H](O)[C@@H](O[C@@H]5[C@H](O)[C@@H](O)[C@@H](O[C@@H]6[C@H](O)[C@@H](O)[C@@H](O[C@@H]7[C@H](O)[C@@H](O)[C@@H](O[C@@H]8[C@H](O)[C@@H](O)[C@@H](O[C@@H]1[C@H](O)[C@H]2O)O[C@@H]8CO)O[C@@H]7CO)O[C@@H]6CO)O[C@@H]5CS)O[C@@H]4CO)O[C@@H]3CO.[Au]. The molecule has 21 fully saturated rings. The normalized spacial score (nSPS) is 54.7. The van der Waals surface area contributed by atoms with Crippen LogP contribution in [0.1, 0.15) is 0 Å². The first-order valence-corrected chi connectivity index (χ1v) is 25.3. The zero-order valence-electron chi connectivity index (χ0n) is 40.6. The molecule has 14 bridgehead atoms. The van der Waals surface area contributed by atoms with Crippen molar-refractivity contribution in [1.29, 1.82) is 0 Å². The van der Waals surface area contributed by atoms with Crippen LogP contribution < -0.4 is 0 Å². The number of ether oxygens (including phenoxy) is 14. The third-order valence-electron chi connectivity index (χ3n) is 14.8. The summed E-state index contributed by atoms with van der Waals surface area (Å²) < 4.78 is 80.0. The summed E-state index contributed by atoms with van der Waals surface area (Å²) in [6.45, 7) is -6.17. The molecule has 21 heterocycles. The van der Waals surface area contributed by atoms with E-state index >= 15 is 0 Å². The molecule has 21 aliphatic rings. The summed E-state index contributed by atoms with van der Waals surface area (Å²) in [4.78, 5) is 0. The van der Waals surface area contributed by atoms with E-state index in [0.29, 0.717) is 0 Å². The van der Waals surface area contributed by atoms with Crippen molar-refractivity contribution in [2.75, 3.05) is 45.4 Å². The molecule has 21 rings (SSSR count). The van der Waals surface area contributed by atoms with Crippen molar-refractivity contribution in [1.82, 2.24) is 0 Å². The number of thiol groups is 1. The fourth-order valence-electron chi connectivity index (χ4n) is 10.4. The first-order chi connectivity index (χ1) is 36.7. The van der Waals surface area contributed by atoms with E-state index in [4.69, 9.17) is 66.3 Å². The largest absolute Gasteiger partial charge is 0.394 e. The second-order valence-corrected chi connectivity index (χ2v) is 20.0. The minimum atomic E-state index is -2.20. The van der Waals surface area contributed by atoms with Gasteiger partial charge in [0.2, 0.25) is 0 Å². The Morgan fingerprint density at radius 3 is 0.462 bits per heavy atom. The van der Waals surface area contributed by atoms with E-state index in [9.17, 15) is 102 Å². The summed E-state index contributed by atoms with van der Waals surface area (Å²) in [6, 6.07) is 0. The van der Waals surface area contributed by atoms with Crippen molar-refractivity contribution in [2.45, 2.75) is 215 Å². The number of hydrogen-bond acceptors (Lipinski definition) is 35. The van der Waals surface area contributed by atoms with Crippen molar-refractivity contribution in [2.24, 2.45) is 0 Å². The summed E-state index contributed by atoms with van der Waals surface area (Å²) in [5, 5.41) is 220. The number of hydrogen-bond donors (Lipinski definition) is 21.